The second-order valence-corrected chi connectivity index (χ2v) is 10.5. The molecule has 0 fully saturated rings. The number of amides is 1. The Hall–Kier alpha value is -3.77. The fraction of sp³-hybridized carbons (Fsp3) is 0.290. The van der Waals surface area contributed by atoms with Crippen molar-refractivity contribution in [1.29, 1.82) is 0 Å². The highest BCUT2D eigenvalue weighted by molar-refractivity contribution is 6.31. The first-order chi connectivity index (χ1) is 18.3. The standard InChI is InChI=1S/C31H30ClNO5/c1-18(2)13-14-37-25-11-9-21(15-26(25)36-4)28-27-29(34)23-16-22(32)10-12-24(23)38-30(27)31(35)33(28)17-20-7-5-19(3)6-8-20/h5-12,15-16,18,28H,13-14,17H2,1-4H3. The number of ether oxygens (including phenoxy) is 2. The summed E-state index contributed by atoms with van der Waals surface area (Å²) >= 11 is 6.20. The second-order valence-electron chi connectivity index (χ2n) is 10.1. The van der Waals surface area contributed by atoms with Crippen LogP contribution in [0.15, 0.2) is 69.9 Å². The quantitative estimate of drug-likeness (QED) is 0.246. The van der Waals surface area contributed by atoms with Gasteiger partial charge in [0.25, 0.3) is 5.91 Å². The average Bonchev–Trinajstić information content (AvgIpc) is 3.17. The molecule has 1 amide bonds. The molecular formula is C31H30ClNO5. The van der Waals surface area contributed by atoms with E-state index in [2.05, 4.69) is 13.8 Å². The Morgan fingerprint density at radius 2 is 1.76 bits per heavy atom. The molecule has 0 bridgehead atoms. The number of nitrogens with zero attached hydrogens (tertiary/aromatic N) is 1. The van der Waals surface area contributed by atoms with Crippen LogP contribution in [-0.2, 0) is 6.54 Å². The topological polar surface area (TPSA) is 69.0 Å². The van der Waals surface area contributed by atoms with Crippen molar-refractivity contribution >= 4 is 28.5 Å². The molecule has 0 saturated heterocycles. The molecule has 4 aromatic rings. The Morgan fingerprint density at radius 1 is 1.00 bits per heavy atom. The minimum Gasteiger partial charge on any atom is -0.493 e. The maximum atomic E-state index is 13.8. The zero-order valence-corrected chi connectivity index (χ0v) is 22.7. The smallest absolute Gasteiger partial charge is 0.291 e. The Labute approximate surface area is 226 Å². The number of fused-ring (bicyclic) bond motifs is 2. The number of carbonyl (C=O) groups excluding carboxylic acids is 1. The molecule has 0 spiro atoms. The molecule has 2 heterocycles. The third-order valence-corrected chi connectivity index (χ3v) is 7.09. The van der Waals surface area contributed by atoms with Crippen molar-refractivity contribution in [2.75, 3.05) is 13.7 Å². The van der Waals surface area contributed by atoms with Crippen LogP contribution < -0.4 is 14.9 Å². The lowest BCUT2D eigenvalue weighted by Gasteiger charge is -2.26. The largest absolute Gasteiger partial charge is 0.493 e. The molecule has 1 unspecified atom stereocenters. The summed E-state index contributed by atoms with van der Waals surface area (Å²) in [5.74, 6) is 1.38. The monoisotopic (exact) mass is 531 g/mol. The van der Waals surface area contributed by atoms with Gasteiger partial charge < -0.3 is 18.8 Å². The van der Waals surface area contributed by atoms with Gasteiger partial charge in [0.1, 0.15) is 5.58 Å². The summed E-state index contributed by atoms with van der Waals surface area (Å²) < 4.78 is 17.7. The average molecular weight is 532 g/mol. The lowest BCUT2D eigenvalue weighted by molar-refractivity contribution is 0.0714. The van der Waals surface area contributed by atoms with Crippen molar-refractivity contribution in [2.24, 2.45) is 5.92 Å². The number of halogens is 1. The first-order valence-electron chi connectivity index (χ1n) is 12.7. The molecule has 0 N–H and O–H groups in total. The Bertz CT molecular complexity index is 1560. The van der Waals surface area contributed by atoms with Crippen molar-refractivity contribution in [1.82, 2.24) is 4.90 Å². The van der Waals surface area contributed by atoms with Crippen molar-refractivity contribution in [3.63, 3.8) is 0 Å². The van der Waals surface area contributed by atoms with E-state index in [1.165, 1.54) is 0 Å². The lowest BCUT2D eigenvalue weighted by Crippen LogP contribution is -2.29. The lowest BCUT2D eigenvalue weighted by atomic mass is 9.97. The zero-order valence-electron chi connectivity index (χ0n) is 21.9. The molecule has 5 rings (SSSR count). The van der Waals surface area contributed by atoms with Gasteiger partial charge in [-0.1, -0.05) is 61.3 Å². The van der Waals surface area contributed by atoms with Crippen molar-refractivity contribution in [3.8, 4) is 11.5 Å². The van der Waals surface area contributed by atoms with Crippen LogP contribution in [0.1, 0.15) is 59.1 Å². The summed E-state index contributed by atoms with van der Waals surface area (Å²) in [6, 6.07) is 17.7. The predicted octanol–water partition coefficient (Wildman–Crippen LogP) is 6.93. The summed E-state index contributed by atoms with van der Waals surface area (Å²) in [4.78, 5) is 29.2. The maximum Gasteiger partial charge on any atom is 0.291 e. The van der Waals surface area contributed by atoms with E-state index in [9.17, 15) is 9.59 Å². The van der Waals surface area contributed by atoms with Gasteiger partial charge in [-0.2, -0.15) is 0 Å². The van der Waals surface area contributed by atoms with Crippen molar-refractivity contribution in [3.05, 3.63) is 104 Å². The van der Waals surface area contributed by atoms with Gasteiger partial charge in [-0.3, -0.25) is 9.59 Å². The van der Waals surface area contributed by atoms with Crippen molar-refractivity contribution < 1.29 is 18.7 Å². The Balaban J connectivity index is 1.63. The Kier molecular flexibility index (Phi) is 7.17. The van der Waals surface area contributed by atoms with Gasteiger partial charge in [-0.05, 0) is 60.7 Å². The van der Waals surface area contributed by atoms with Crippen LogP contribution in [0.25, 0.3) is 11.0 Å². The molecule has 3 aromatic carbocycles. The number of methoxy groups -OCH3 is 1. The molecule has 38 heavy (non-hydrogen) atoms. The van der Waals surface area contributed by atoms with Crippen LogP contribution in [0.5, 0.6) is 11.5 Å². The Morgan fingerprint density at radius 3 is 2.47 bits per heavy atom. The van der Waals surface area contributed by atoms with E-state index in [1.54, 1.807) is 30.2 Å². The highest BCUT2D eigenvalue weighted by Gasteiger charge is 2.43. The number of carbonyl (C=O) groups is 1. The van der Waals surface area contributed by atoms with Crippen molar-refractivity contribution in [2.45, 2.75) is 39.8 Å². The second kappa shape index (κ2) is 10.5. The SMILES string of the molecule is COc1cc(C2c3c(oc4ccc(Cl)cc4c3=O)C(=O)N2Cc2ccc(C)cc2)ccc1OCCC(C)C. The van der Waals surface area contributed by atoms with E-state index in [-0.39, 0.29) is 17.1 Å². The summed E-state index contributed by atoms with van der Waals surface area (Å²) in [5.41, 5.74) is 3.15. The number of hydrogen-bond acceptors (Lipinski definition) is 5. The molecule has 7 heteroatoms. The third kappa shape index (κ3) is 4.88. The van der Waals surface area contributed by atoms with Crippen LogP contribution in [0, 0.1) is 12.8 Å². The minimum atomic E-state index is -0.669. The number of rotatable bonds is 8. The summed E-state index contributed by atoms with van der Waals surface area (Å²) in [5, 5.41) is 0.763. The van der Waals surface area contributed by atoms with Crippen LogP contribution in [-0.4, -0.2) is 24.5 Å². The summed E-state index contributed by atoms with van der Waals surface area (Å²) in [6.07, 6.45) is 0.913. The summed E-state index contributed by atoms with van der Waals surface area (Å²) in [6.45, 7) is 7.17. The molecule has 196 valence electrons. The number of benzene rings is 3. The first kappa shape index (κ1) is 25.9. The minimum absolute atomic E-state index is 0.0539. The van der Waals surface area contributed by atoms with Crippen LogP contribution >= 0.6 is 11.6 Å². The zero-order chi connectivity index (χ0) is 27.0. The van der Waals surface area contributed by atoms with Gasteiger partial charge >= 0.3 is 0 Å². The molecule has 1 aliphatic heterocycles. The van der Waals surface area contributed by atoms with Gasteiger partial charge in [-0.15, -0.1) is 0 Å². The van der Waals surface area contributed by atoms with E-state index >= 15 is 0 Å². The molecule has 1 aromatic heterocycles. The predicted molar refractivity (Wildman–Crippen MR) is 148 cm³/mol. The van der Waals surface area contributed by atoms with Crippen LogP contribution in [0.2, 0.25) is 5.02 Å². The van der Waals surface area contributed by atoms with E-state index < -0.39 is 6.04 Å². The normalized spacial score (nSPS) is 14.8. The van der Waals surface area contributed by atoms with Gasteiger partial charge in [0.2, 0.25) is 5.76 Å². The highest BCUT2D eigenvalue weighted by Crippen LogP contribution is 2.42. The molecule has 0 aliphatic carbocycles. The molecule has 0 saturated carbocycles. The van der Waals surface area contributed by atoms with E-state index in [0.717, 1.165) is 23.1 Å². The molecule has 0 radical (unpaired) electrons. The molecular weight excluding hydrogens is 502 g/mol. The van der Waals surface area contributed by atoms with Gasteiger partial charge in [-0.25, -0.2) is 0 Å². The van der Waals surface area contributed by atoms with Gasteiger partial charge in [0.15, 0.2) is 16.9 Å². The van der Waals surface area contributed by atoms with E-state index in [1.807, 2.05) is 49.4 Å². The molecule has 6 nitrogen and oxygen atoms in total. The van der Waals surface area contributed by atoms with Gasteiger partial charge in [0.05, 0.1) is 30.7 Å². The maximum absolute atomic E-state index is 13.8. The summed E-state index contributed by atoms with van der Waals surface area (Å²) in [7, 11) is 1.58. The molecule has 1 aliphatic rings. The fourth-order valence-corrected chi connectivity index (χ4v) is 4.94. The number of aryl methyl sites for hydroxylation is 1. The van der Waals surface area contributed by atoms with Crippen LogP contribution in [0.3, 0.4) is 0 Å². The van der Waals surface area contributed by atoms with Crippen LogP contribution in [0.4, 0.5) is 0 Å². The fourth-order valence-electron chi connectivity index (χ4n) is 4.77. The first-order valence-corrected chi connectivity index (χ1v) is 13.1. The third-order valence-electron chi connectivity index (χ3n) is 6.86. The van der Waals surface area contributed by atoms with E-state index in [4.69, 9.17) is 25.5 Å². The highest BCUT2D eigenvalue weighted by atomic mass is 35.5. The molecule has 1 atom stereocenters. The van der Waals surface area contributed by atoms with Gasteiger partial charge in [0, 0.05) is 11.6 Å². The number of hydrogen-bond donors (Lipinski definition) is 0. The van der Waals surface area contributed by atoms with E-state index in [0.29, 0.717) is 52.1 Å².